The van der Waals surface area contributed by atoms with Crippen molar-refractivity contribution in [3.05, 3.63) is 46.2 Å². The molecule has 152 valence electrons. The molecule has 0 saturated carbocycles. The second-order valence-corrected chi connectivity index (χ2v) is 10.2. The lowest BCUT2D eigenvalue weighted by atomic mass is 9.97. The van der Waals surface area contributed by atoms with Crippen molar-refractivity contribution in [3.8, 4) is 0 Å². The van der Waals surface area contributed by atoms with Crippen molar-refractivity contribution in [1.82, 2.24) is 15.4 Å². The molecule has 0 saturated heterocycles. The molecule has 10 heteroatoms. The van der Waals surface area contributed by atoms with E-state index >= 15 is 0 Å². The van der Waals surface area contributed by atoms with Crippen LogP contribution in [0.4, 0.5) is 0 Å². The number of sulfonamides is 1. The van der Waals surface area contributed by atoms with Gasteiger partial charge in [0.1, 0.15) is 4.90 Å². The zero-order chi connectivity index (χ0) is 20.9. The highest BCUT2D eigenvalue weighted by Gasteiger charge is 2.24. The van der Waals surface area contributed by atoms with Crippen molar-refractivity contribution in [3.63, 3.8) is 0 Å². The molecule has 28 heavy (non-hydrogen) atoms. The van der Waals surface area contributed by atoms with Crippen LogP contribution in [0.2, 0.25) is 0 Å². The Morgan fingerprint density at radius 2 is 2.00 bits per heavy atom. The predicted octanol–water partition coefficient (Wildman–Crippen LogP) is 2.85. The normalized spacial score (nSPS) is 11.7. The minimum Gasteiger partial charge on any atom is -0.365 e. The summed E-state index contributed by atoms with van der Waals surface area (Å²) in [6.45, 7) is 3.87. The number of thioether (sulfide) groups is 1. The fourth-order valence-electron chi connectivity index (χ4n) is 2.54. The number of thiophene rings is 1. The third-order valence-corrected chi connectivity index (χ3v) is 7.46. The first-order chi connectivity index (χ1) is 13.1. The average Bonchev–Trinajstić information content (AvgIpc) is 3.16. The SMILES string of the molecule is CNC(=S)NS(=O)(=O)c1cc(CC(=O)NC(C)(C)c2ccsc2)ccc1SC. The maximum atomic E-state index is 12.7. The van der Waals surface area contributed by atoms with Crippen LogP contribution in [-0.4, -0.2) is 32.7 Å². The summed E-state index contributed by atoms with van der Waals surface area (Å²) < 4.78 is 27.6. The standard InChI is InChI=1S/C18H23N3O3S4/c1-18(2,13-7-8-27-11-13)20-16(22)10-12-5-6-14(26-4)15(9-12)28(23,24)21-17(25)19-3/h5-9,11H,10H2,1-4H3,(H,20,22)(H2,19,21,25). The monoisotopic (exact) mass is 457 g/mol. The molecule has 0 spiro atoms. The molecule has 0 fully saturated rings. The van der Waals surface area contributed by atoms with E-state index in [1.165, 1.54) is 24.9 Å². The molecule has 1 amide bonds. The molecule has 0 atom stereocenters. The lowest BCUT2D eigenvalue weighted by molar-refractivity contribution is -0.122. The molecule has 6 nitrogen and oxygen atoms in total. The summed E-state index contributed by atoms with van der Waals surface area (Å²) in [6, 6.07) is 6.95. The summed E-state index contributed by atoms with van der Waals surface area (Å²) in [6.07, 6.45) is 1.86. The zero-order valence-electron chi connectivity index (χ0n) is 16.0. The van der Waals surface area contributed by atoms with Crippen molar-refractivity contribution < 1.29 is 13.2 Å². The van der Waals surface area contributed by atoms with Gasteiger partial charge in [-0.1, -0.05) is 6.07 Å². The third-order valence-electron chi connectivity index (χ3n) is 4.03. The topological polar surface area (TPSA) is 87.3 Å². The maximum absolute atomic E-state index is 12.7. The summed E-state index contributed by atoms with van der Waals surface area (Å²) in [5.41, 5.74) is 1.12. The third kappa shape index (κ3) is 5.69. The summed E-state index contributed by atoms with van der Waals surface area (Å²) in [5.74, 6) is -0.185. The first-order valence-corrected chi connectivity index (χ1v) is 12.4. The number of hydrogen-bond acceptors (Lipinski definition) is 6. The fraction of sp³-hybridized carbons (Fsp3) is 0.333. The van der Waals surface area contributed by atoms with Crippen molar-refractivity contribution in [2.24, 2.45) is 0 Å². The lowest BCUT2D eigenvalue weighted by Gasteiger charge is -2.25. The number of amides is 1. The Hall–Kier alpha value is -1.62. The van der Waals surface area contributed by atoms with Gasteiger partial charge < -0.3 is 10.6 Å². The van der Waals surface area contributed by atoms with Crippen LogP contribution in [0.3, 0.4) is 0 Å². The molecule has 0 bridgehead atoms. The first-order valence-electron chi connectivity index (χ1n) is 8.34. The largest absolute Gasteiger partial charge is 0.365 e. The van der Waals surface area contributed by atoms with Crippen LogP contribution in [0.15, 0.2) is 44.8 Å². The van der Waals surface area contributed by atoms with Gasteiger partial charge in [0.25, 0.3) is 10.0 Å². The Labute approximate surface area is 179 Å². The minimum atomic E-state index is -3.85. The molecule has 2 aromatic rings. The maximum Gasteiger partial charge on any atom is 0.264 e. The molecule has 0 radical (unpaired) electrons. The second kappa shape index (κ2) is 9.25. The highest BCUT2D eigenvalue weighted by Crippen LogP contribution is 2.27. The van der Waals surface area contributed by atoms with Gasteiger partial charge in [0.15, 0.2) is 5.11 Å². The molecule has 0 aliphatic carbocycles. The molecular weight excluding hydrogens is 434 g/mol. The Morgan fingerprint density at radius 3 is 2.57 bits per heavy atom. The van der Waals surface area contributed by atoms with Gasteiger partial charge in [-0.3, -0.25) is 9.52 Å². The van der Waals surface area contributed by atoms with E-state index in [2.05, 4.69) is 15.4 Å². The van der Waals surface area contributed by atoms with E-state index in [1.807, 2.05) is 30.7 Å². The molecule has 3 N–H and O–H groups in total. The van der Waals surface area contributed by atoms with E-state index in [1.54, 1.807) is 29.7 Å². The molecule has 1 aromatic carbocycles. The molecule has 0 aliphatic heterocycles. The second-order valence-electron chi connectivity index (χ2n) is 6.53. The van der Waals surface area contributed by atoms with Crippen LogP contribution < -0.4 is 15.4 Å². The van der Waals surface area contributed by atoms with Crippen LogP contribution in [0.25, 0.3) is 0 Å². The molecule has 0 aliphatic rings. The van der Waals surface area contributed by atoms with Gasteiger partial charge in [-0.2, -0.15) is 11.3 Å². The molecule has 1 aromatic heterocycles. The van der Waals surface area contributed by atoms with Gasteiger partial charge in [-0.15, -0.1) is 11.8 Å². The van der Waals surface area contributed by atoms with Crippen molar-refractivity contribution >= 4 is 56.4 Å². The minimum absolute atomic E-state index is 0.00714. The Kier molecular flexibility index (Phi) is 7.49. The summed E-state index contributed by atoms with van der Waals surface area (Å²) in [4.78, 5) is 13.2. The molecule has 1 heterocycles. The average molecular weight is 458 g/mol. The predicted molar refractivity (Wildman–Crippen MR) is 119 cm³/mol. The van der Waals surface area contributed by atoms with Crippen LogP contribution in [-0.2, 0) is 26.8 Å². The van der Waals surface area contributed by atoms with Gasteiger partial charge in [0, 0.05) is 11.9 Å². The van der Waals surface area contributed by atoms with Gasteiger partial charge in [0.05, 0.1) is 12.0 Å². The van der Waals surface area contributed by atoms with E-state index in [0.29, 0.717) is 10.5 Å². The zero-order valence-corrected chi connectivity index (χ0v) is 19.3. The van der Waals surface area contributed by atoms with Gasteiger partial charge in [-0.25, -0.2) is 8.42 Å². The van der Waals surface area contributed by atoms with Crippen molar-refractivity contribution in [2.45, 2.75) is 35.6 Å². The molecule has 2 rings (SSSR count). The van der Waals surface area contributed by atoms with Crippen molar-refractivity contribution in [1.29, 1.82) is 0 Å². The van der Waals surface area contributed by atoms with Crippen LogP contribution in [0.1, 0.15) is 25.0 Å². The lowest BCUT2D eigenvalue weighted by Crippen LogP contribution is -2.41. The van der Waals surface area contributed by atoms with E-state index in [-0.39, 0.29) is 22.3 Å². The van der Waals surface area contributed by atoms with Gasteiger partial charge in [-0.05, 0) is 72.4 Å². The summed E-state index contributed by atoms with van der Waals surface area (Å²) in [5, 5.41) is 9.55. The fourth-order valence-corrected chi connectivity index (χ4v) is 5.83. The van der Waals surface area contributed by atoms with Crippen LogP contribution >= 0.6 is 35.3 Å². The Morgan fingerprint density at radius 1 is 1.29 bits per heavy atom. The first kappa shape index (κ1) is 22.7. The number of rotatable bonds is 7. The number of carbonyl (C=O) groups is 1. The number of carbonyl (C=O) groups excluding carboxylic acids is 1. The number of thiocarbonyl (C=S) groups is 1. The Balaban J connectivity index is 2.23. The number of benzene rings is 1. The quantitative estimate of drug-likeness (QED) is 0.438. The number of nitrogens with one attached hydrogen (secondary N) is 3. The smallest absolute Gasteiger partial charge is 0.264 e. The molecular formula is C18H23N3O3S4. The highest BCUT2D eigenvalue weighted by molar-refractivity contribution is 7.99. The van der Waals surface area contributed by atoms with E-state index < -0.39 is 15.6 Å². The Bertz CT molecular complexity index is 954. The van der Waals surface area contributed by atoms with Gasteiger partial charge in [0.2, 0.25) is 5.91 Å². The summed E-state index contributed by atoms with van der Waals surface area (Å²) >= 11 is 7.79. The van der Waals surface area contributed by atoms with Crippen LogP contribution in [0, 0.1) is 0 Å². The van der Waals surface area contributed by atoms with E-state index in [0.717, 1.165) is 5.56 Å². The van der Waals surface area contributed by atoms with Crippen LogP contribution in [0.5, 0.6) is 0 Å². The van der Waals surface area contributed by atoms with Crippen molar-refractivity contribution in [2.75, 3.05) is 13.3 Å². The number of hydrogen-bond donors (Lipinski definition) is 3. The van der Waals surface area contributed by atoms with E-state index in [4.69, 9.17) is 12.2 Å². The van der Waals surface area contributed by atoms with Gasteiger partial charge >= 0.3 is 0 Å². The molecule has 0 unspecified atom stereocenters. The summed E-state index contributed by atoms with van der Waals surface area (Å²) in [7, 11) is -2.31. The highest BCUT2D eigenvalue weighted by atomic mass is 32.2. The van der Waals surface area contributed by atoms with E-state index in [9.17, 15) is 13.2 Å².